The fourth-order valence-corrected chi connectivity index (χ4v) is 2.74. The van der Waals surface area contributed by atoms with E-state index in [1.165, 1.54) is 14.7 Å². The number of rotatable bonds is 6. The Morgan fingerprint density at radius 2 is 1.85 bits per heavy atom. The zero-order chi connectivity index (χ0) is 14.4. The normalized spacial score (nSPS) is 13.9. The molecule has 20 heavy (non-hydrogen) atoms. The Hall–Kier alpha value is -0.910. The highest BCUT2D eigenvalue weighted by Crippen LogP contribution is 2.23. The Morgan fingerprint density at radius 1 is 1.10 bits per heavy atom. The van der Waals surface area contributed by atoms with E-state index in [4.69, 9.17) is 4.74 Å². The molecule has 0 radical (unpaired) electrons. The van der Waals surface area contributed by atoms with Crippen LogP contribution in [0.1, 0.15) is 24.2 Å². The largest absolute Gasteiger partial charge is 0.367 e. The molecule has 0 aliphatic heterocycles. The summed E-state index contributed by atoms with van der Waals surface area (Å²) in [7, 11) is 1.97. The van der Waals surface area contributed by atoms with Crippen LogP contribution in [0.2, 0.25) is 0 Å². The molecule has 2 aromatic carbocycles. The molecule has 0 unspecified atom stereocenters. The summed E-state index contributed by atoms with van der Waals surface area (Å²) < 4.78 is 7.39. The van der Waals surface area contributed by atoms with Crippen LogP contribution < -0.4 is 5.32 Å². The first-order valence-electron chi connectivity index (χ1n) is 6.79. The lowest BCUT2D eigenvalue weighted by Crippen LogP contribution is -2.30. The van der Waals surface area contributed by atoms with Crippen LogP contribution in [0.5, 0.6) is 0 Å². The lowest BCUT2D eigenvalue weighted by Gasteiger charge is -2.24. The van der Waals surface area contributed by atoms with E-state index in [1.54, 1.807) is 0 Å². The van der Waals surface area contributed by atoms with E-state index in [0.29, 0.717) is 6.61 Å². The fraction of sp³-hybridized carbons (Fsp3) is 0.294. The summed E-state index contributed by atoms with van der Waals surface area (Å²) >= 11 is 2.33. The molecule has 0 saturated heterocycles. The van der Waals surface area contributed by atoms with Crippen molar-refractivity contribution >= 4 is 22.6 Å². The molecule has 2 aromatic rings. The minimum Gasteiger partial charge on any atom is -0.367 e. The van der Waals surface area contributed by atoms with Crippen LogP contribution in [0.3, 0.4) is 0 Å². The molecule has 2 nitrogen and oxygen atoms in total. The SMILES string of the molecule is CN[C@H](C)[C@@H](OCc1cccc(I)c1)c1ccccc1. The van der Waals surface area contributed by atoms with Crippen LogP contribution in [0.15, 0.2) is 54.6 Å². The number of benzene rings is 2. The average Bonchev–Trinajstić information content (AvgIpc) is 2.48. The Balaban J connectivity index is 2.09. The Labute approximate surface area is 134 Å². The first kappa shape index (κ1) is 15.5. The molecule has 106 valence electrons. The molecular weight excluding hydrogens is 361 g/mol. The van der Waals surface area contributed by atoms with Gasteiger partial charge in [0.15, 0.2) is 0 Å². The van der Waals surface area contributed by atoms with Crippen molar-refractivity contribution in [3.8, 4) is 0 Å². The maximum absolute atomic E-state index is 6.16. The van der Waals surface area contributed by atoms with Gasteiger partial charge in [-0.3, -0.25) is 0 Å². The smallest absolute Gasteiger partial charge is 0.0979 e. The van der Waals surface area contributed by atoms with E-state index in [2.05, 4.69) is 83.4 Å². The van der Waals surface area contributed by atoms with Gasteiger partial charge in [-0.2, -0.15) is 0 Å². The number of hydrogen-bond donors (Lipinski definition) is 1. The lowest BCUT2D eigenvalue weighted by atomic mass is 10.0. The first-order valence-corrected chi connectivity index (χ1v) is 7.87. The fourth-order valence-electron chi connectivity index (χ4n) is 2.14. The molecular formula is C17H20INO. The van der Waals surface area contributed by atoms with Gasteiger partial charge in [-0.25, -0.2) is 0 Å². The predicted molar refractivity (Wildman–Crippen MR) is 91.7 cm³/mol. The van der Waals surface area contributed by atoms with Crippen molar-refractivity contribution in [2.75, 3.05) is 7.05 Å². The second-order valence-corrected chi connectivity index (χ2v) is 6.10. The van der Waals surface area contributed by atoms with Gasteiger partial charge < -0.3 is 10.1 Å². The van der Waals surface area contributed by atoms with Crippen molar-refractivity contribution in [2.24, 2.45) is 0 Å². The zero-order valence-corrected chi connectivity index (χ0v) is 14.0. The van der Waals surface area contributed by atoms with Crippen molar-refractivity contribution in [3.05, 3.63) is 69.3 Å². The van der Waals surface area contributed by atoms with Crippen molar-refractivity contribution in [1.29, 1.82) is 0 Å². The third-order valence-corrected chi connectivity index (χ3v) is 4.03. The Bertz CT molecular complexity index is 530. The van der Waals surface area contributed by atoms with E-state index < -0.39 is 0 Å². The second-order valence-electron chi connectivity index (χ2n) is 4.85. The minimum absolute atomic E-state index is 0.0547. The molecule has 0 fully saturated rings. The van der Waals surface area contributed by atoms with Crippen molar-refractivity contribution in [2.45, 2.75) is 25.7 Å². The van der Waals surface area contributed by atoms with Crippen LogP contribution >= 0.6 is 22.6 Å². The monoisotopic (exact) mass is 381 g/mol. The molecule has 0 saturated carbocycles. The quantitative estimate of drug-likeness (QED) is 0.759. The third-order valence-electron chi connectivity index (χ3n) is 3.36. The Kier molecular flexibility index (Phi) is 6.01. The second kappa shape index (κ2) is 7.76. The predicted octanol–water partition coefficient (Wildman–Crippen LogP) is 4.16. The molecule has 0 aliphatic carbocycles. The van der Waals surface area contributed by atoms with Crippen molar-refractivity contribution < 1.29 is 4.74 Å². The maximum Gasteiger partial charge on any atom is 0.0979 e. The van der Waals surface area contributed by atoms with Crippen LogP contribution in [-0.4, -0.2) is 13.1 Å². The summed E-state index contributed by atoms with van der Waals surface area (Å²) in [6.07, 6.45) is 0.0547. The summed E-state index contributed by atoms with van der Waals surface area (Å²) in [5.74, 6) is 0. The topological polar surface area (TPSA) is 21.3 Å². The highest BCUT2D eigenvalue weighted by Gasteiger charge is 2.18. The van der Waals surface area contributed by atoms with Gasteiger partial charge in [-0.1, -0.05) is 42.5 Å². The van der Waals surface area contributed by atoms with Gasteiger partial charge in [0.2, 0.25) is 0 Å². The number of hydrogen-bond acceptors (Lipinski definition) is 2. The average molecular weight is 381 g/mol. The van der Waals surface area contributed by atoms with Crippen LogP contribution in [-0.2, 0) is 11.3 Å². The van der Waals surface area contributed by atoms with Crippen LogP contribution in [0.25, 0.3) is 0 Å². The summed E-state index contributed by atoms with van der Waals surface area (Å²) in [6, 6.07) is 19.1. The summed E-state index contributed by atoms with van der Waals surface area (Å²) in [4.78, 5) is 0. The van der Waals surface area contributed by atoms with E-state index >= 15 is 0 Å². The molecule has 1 N–H and O–H groups in total. The number of likely N-dealkylation sites (N-methyl/N-ethyl adjacent to an activating group) is 1. The summed E-state index contributed by atoms with van der Waals surface area (Å²) in [5, 5.41) is 3.28. The van der Waals surface area contributed by atoms with Crippen LogP contribution in [0.4, 0.5) is 0 Å². The summed E-state index contributed by atoms with van der Waals surface area (Å²) in [5.41, 5.74) is 2.42. The molecule has 0 bridgehead atoms. The highest BCUT2D eigenvalue weighted by molar-refractivity contribution is 14.1. The van der Waals surface area contributed by atoms with E-state index in [0.717, 1.165) is 0 Å². The van der Waals surface area contributed by atoms with Gasteiger partial charge in [-0.05, 0) is 59.8 Å². The van der Waals surface area contributed by atoms with Crippen LogP contribution in [0, 0.1) is 3.57 Å². The molecule has 2 atom stereocenters. The van der Waals surface area contributed by atoms with E-state index in [9.17, 15) is 0 Å². The number of nitrogens with one attached hydrogen (secondary N) is 1. The van der Waals surface area contributed by atoms with Crippen molar-refractivity contribution in [1.82, 2.24) is 5.32 Å². The minimum atomic E-state index is 0.0547. The maximum atomic E-state index is 6.16. The lowest BCUT2D eigenvalue weighted by molar-refractivity contribution is 0.0190. The molecule has 3 heteroatoms. The third kappa shape index (κ3) is 4.30. The zero-order valence-electron chi connectivity index (χ0n) is 11.8. The summed E-state index contributed by atoms with van der Waals surface area (Å²) in [6.45, 7) is 2.77. The molecule has 0 aromatic heterocycles. The van der Waals surface area contributed by atoms with Gasteiger partial charge in [0.05, 0.1) is 12.7 Å². The standard InChI is InChI=1S/C17H20INO/c1-13(19-2)17(15-8-4-3-5-9-15)20-12-14-7-6-10-16(18)11-14/h3-11,13,17,19H,12H2,1-2H3/t13-,17-/m1/s1. The van der Waals surface area contributed by atoms with Crippen molar-refractivity contribution in [3.63, 3.8) is 0 Å². The van der Waals surface area contributed by atoms with E-state index in [-0.39, 0.29) is 12.1 Å². The molecule has 2 rings (SSSR count). The Morgan fingerprint density at radius 3 is 2.50 bits per heavy atom. The first-order chi connectivity index (χ1) is 9.70. The van der Waals surface area contributed by atoms with Gasteiger partial charge in [0.1, 0.15) is 0 Å². The molecule has 0 aliphatic rings. The highest BCUT2D eigenvalue weighted by atomic mass is 127. The van der Waals surface area contributed by atoms with Gasteiger partial charge in [-0.15, -0.1) is 0 Å². The molecule has 0 heterocycles. The van der Waals surface area contributed by atoms with Gasteiger partial charge in [0.25, 0.3) is 0 Å². The molecule has 0 spiro atoms. The van der Waals surface area contributed by atoms with Gasteiger partial charge in [0, 0.05) is 9.61 Å². The molecule has 0 amide bonds. The number of ether oxygens (including phenoxy) is 1. The van der Waals surface area contributed by atoms with E-state index in [1.807, 2.05) is 13.1 Å². The number of halogens is 1. The van der Waals surface area contributed by atoms with Gasteiger partial charge >= 0.3 is 0 Å².